The fourth-order valence-electron chi connectivity index (χ4n) is 4.00. The van der Waals surface area contributed by atoms with Crippen LogP contribution in [0.5, 0.6) is 0 Å². The summed E-state index contributed by atoms with van der Waals surface area (Å²) in [6.07, 6.45) is 0.0357. The molecule has 0 spiro atoms. The van der Waals surface area contributed by atoms with Gasteiger partial charge in [0.15, 0.2) is 5.13 Å². The van der Waals surface area contributed by atoms with Gasteiger partial charge in [0.25, 0.3) is 5.56 Å². The molecule has 5 rings (SSSR count). The molecule has 1 amide bonds. The van der Waals surface area contributed by atoms with Crippen molar-refractivity contribution < 1.29 is 4.79 Å². The lowest BCUT2D eigenvalue weighted by molar-refractivity contribution is -0.115. The first-order valence-corrected chi connectivity index (χ1v) is 12.1. The molecule has 0 atom stereocenters. The molecule has 35 heavy (non-hydrogen) atoms. The van der Waals surface area contributed by atoms with Crippen LogP contribution >= 0.6 is 11.3 Å². The van der Waals surface area contributed by atoms with Gasteiger partial charge in [-0.3, -0.25) is 9.59 Å². The van der Waals surface area contributed by atoms with Crippen LogP contribution < -0.4 is 10.9 Å². The molecule has 1 N–H and O–H groups in total. The van der Waals surface area contributed by atoms with Gasteiger partial charge in [0.2, 0.25) is 5.91 Å². The fraction of sp³-hybridized carbons (Fsp3) is 0.143. The van der Waals surface area contributed by atoms with Gasteiger partial charge in [-0.2, -0.15) is 5.10 Å². The van der Waals surface area contributed by atoms with Gasteiger partial charge < -0.3 is 5.32 Å². The smallest absolute Gasteiger partial charge is 0.274 e. The Bertz CT molecular complexity index is 1540. The van der Waals surface area contributed by atoms with Gasteiger partial charge in [0.1, 0.15) is 0 Å². The first kappa shape index (κ1) is 22.7. The number of carbonyl (C=O) groups is 1. The van der Waals surface area contributed by atoms with E-state index in [2.05, 4.69) is 60.7 Å². The quantitative estimate of drug-likeness (QED) is 0.359. The molecule has 5 aromatic rings. The third kappa shape index (κ3) is 4.63. The number of hydrogen-bond donors (Lipinski definition) is 1. The highest BCUT2D eigenvalue weighted by Crippen LogP contribution is 2.39. The first-order chi connectivity index (χ1) is 16.9. The normalized spacial score (nSPS) is 11.1. The zero-order valence-corrected chi connectivity index (χ0v) is 20.5. The van der Waals surface area contributed by atoms with E-state index in [9.17, 15) is 9.59 Å². The maximum atomic E-state index is 13.0. The minimum atomic E-state index is -0.235. The lowest BCUT2D eigenvalue weighted by Crippen LogP contribution is -2.24. The molecule has 7 heteroatoms. The van der Waals surface area contributed by atoms with Crippen LogP contribution in [0, 0.1) is 13.8 Å². The van der Waals surface area contributed by atoms with Gasteiger partial charge in [-0.05, 0) is 25.5 Å². The molecule has 2 heterocycles. The second kappa shape index (κ2) is 9.27. The number of aromatic nitrogens is 3. The predicted octanol–water partition coefficient (Wildman–Crippen LogP) is 5.52. The van der Waals surface area contributed by atoms with Gasteiger partial charge in [-0.15, -0.1) is 0 Å². The van der Waals surface area contributed by atoms with Crippen molar-refractivity contribution in [3.05, 3.63) is 100.0 Å². The standard InChI is InChI=1S/C28H24N4O2S/c1-17-8-12-19(13-9-17)25-26(20-14-10-18(2)11-15-20)35-28(30-25)29-24(33)16-23-21-6-4-5-7-22(21)27(34)32(3)31-23/h4-15H,16H2,1-3H3,(H,29,30,33). The molecule has 0 radical (unpaired) electrons. The maximum absolute atomic E-state index is 13.0. The van der Waals surface area contributed by atoms with Gasteiger partial charge in [-0.1, -0.05) is 89.2 Å². The Morgan fingerprint density at radius 2 is 1.49 bits per heavy atom. The third-order valence-corrected chi connectivity index (χ3v) is 6.89. The van der Waals surface area contributed by atoms with Gasteiger partial charge in [0, 0.05) is 18.0 Å². The molecule has 174 valence electrons. The predicted molar refractivity (Wildman–Crippen MR) is 142 cm³/mol. The van der Waals surface area contributed by atoms with Crippen molar-refractivity contribution in [2.45, 2.75) is 20.3 Å². The van der Waals surface area contributed by atoms with Crippen LogP contribution in [0.15, 0.2) is 77.6 Å². The Morgan fingerprint density at radius 3 is 2.14 bits per heavy atom. The number of benzene rings is 3. The zero-order valence-electron chi connectivity index (χ0n) is 19.7. The number of nitrogens with zero attached hydrogens (tertiary/aromatic N) is 3. The van der Waals surface area contributed by atoms with Crippen LogP contribution in [0.1, 0.15) is 16.8 Å². The SMILES string of the molecule is Cc1ccc(-c2nc(NC(=O)Cc3nn(C)c(=O)c4ccccc34)sc2-c2ccc(C)cc2)cc1. The average Bonchev–Trinajstić information content (AvgIpc) is 3.26. The van der Waals surface area contributed by atoms with E-state index >= 15 is 0 Å². The monoisotopic (exact) mass is 480 g/mol. The van der Waals surface area contributed by atoms with Crippen molar-refractivity contribution in [1.29, 1.82) is 0 Å². The van der Waals surface area contributed by atoms with Crippen LogP contribution in [0.2, 0.25) is 0 Å². The number of amides is 1. The Labute approximate surface area is 206 Å². The highest BCUT2D eigenvalue weighted by Gasteiger charge is 2.18. The van der Waals surface area contributed by atoms with Crippen LogP contribution in [0.25, 0.3) is 32.5 Å². The third-order valence-electron chi connectivity index (χ3n) is 5.87. The Kier molecular flexibility index (Phi) is 6.01. The van der Waals surface area contributed by atoms with E-state index in [1.54, 1.807) is 13.1 Å². The summed E-state index contributed by atoms with van der Waals surface area (Å²) in [6, 6.07) is 23.7. The summed E-state index contributed by atoms with van der Waals surface area (Å²) in [7, 11) is 1.60. The van der Waals surface area contributed by atoms with Crippen LogP contribution in [0.3, 0.4) is 0 Å². The maximum Gasteiger partial charge on any atom is 0.274 e. The molecule has 0 unspecified atom stereocenters. The minimum absolute atomic E-state index is 0.0357. The van der Waals surface area contributed by atoms with Crippen molar-refractivity contribution in [2.75, 3.05) is 5.32 Å². The van der Waals surface area contributed by atoms with E-state index in [4.69, 9.17) is 4.98 Å². The van der Waals surface area contributed by atoms with E-state index in [0.29, 0.717) is 21.6 Å². The van der Waals surface area contributed by atoms with E-state index in [0.717, 1.165) is 21.7 Å². The van der Waals surface area contributed by atoms with Crippen LogP contribution in [0.4, 0.5) is 5.13 Å². The van der Waals surface area contributed by atoms with E-state index in [-0.39, 0.29) is 17.9 Å². The second-order valence-electron chi connectivity index (χ2n) is 8.57. The zero-order chi connectivity index (χ0) is 24.5. The molecule has 0 aliphatic rings. The van der Waals surface area contributed by atoms with E-state index in [1.165, 1.54) is 27.1 Å². The molecule has 0 fully saturated rings. The highest BCUT2D eigenvalue weighted by molar-refractivity contribution is 7.19. The molecule has 0 saturated heterocycles. The summed E-state index contributed by atoms with van der Waals surface area (Å²) < 4.78 is 1.28. The molecule has 2 aromatic heterocycles. The van der Waals surface area contributed by atoms with Crippen molar-refractivity contribution in [1.82, 2.24) is 14.8 Å². The molecule has 6 nitrogen and oxygen atoms in total. The number of carbonyl (C=O) groups excluding carboxylic acids is 1. The number of rotatable bonds is 5. The fourth-order valence-corrected chi connectivity index (χ4v) is 5.01. The van der Waals surface area contributed by atoms with Crippen molar-refractivity contribution in [3.63, 3.8) is 0 Å². The Morgan fingerprint density at radius 1 is 0.886 bits per heavy atom. The van der Waals surface area contributed by atoms with Gasteiger partial charge in [0.05, 0.1) is 28.1 Å². The van der Waals surface area contributed by atoms with Crippen molar-refractivity contribution >= 4 is 33.1 Å². The molecule has 0 aliphatic heterocycles. The second-order valence-corrected chi connectivity index (χ2v) is 9.57. The molecule has 3 aromatic carbocycles. The molecule has 0 saturated carbocycles. The number of hydrogen-bond acceptors (Lipinski definition) is 5. The van der Waals surface area contributed by atoms with Crippen LogP contribution in [-0.4, -0.2) is 20.7 Å². The van der Waals surface area contributed by atoms with E-state index in [1.807, 2.05) is 30.3 Å². The lowest BCUT2D eigenvalue weighted by atomic mass is 10.0. The number of aryl methyl sites for hydroxylation is 3. The Hall–Kier alpha value is -4.10. The van der Waals surface area contributed by atoms with Crippen molar-refractivity contribution in [2.24, 2.45) is 7.05 Å². The largest absolute Gasteiger partial charge is 0.302 e. The molecular weight excluding hydrogens is 456 g/mol. The number of thiazole rings is 1. The first-order valence-electron chi connectivity index (χ1n) is 11.3. The topological polar surface area (TPSA) is 76.9 Å². The summed E-state index contributed by atoms with van der Waals surface area (Å²) >= 11 is 1.45. The van der Waals surface area contributed by atoms with Gasteiger partial charge in [-0.25, -0.2) is 9.67 Å². The molecule has 0 bridgehead atoms. The molecular formula is C28H24N4O2S. The van der Waals surface area contributed by atoms with E-state index < -0.39 is 0 Å². The summed E-state index contributed by atoms with van der Waals surface area (Å²) in [5, 5.41) is 9.05. The number of nitrogens with one attached hydrogen (secondary N) is 1. The average molecular weight is 481 g/mol. The number of anilines is 1. The van der Waals surface area contributed by atoms with Gasteiger partial charge >= 0.3 is 0 Å². The van der Waals surface area contributed by atoms with Crippen molar-refractivity contribution in [3.8, 4) is 21.7 Å². The lowest BCUT2D eigenvalue weighted by Gasteiger charge is -2.07. The summed E-state index contributed by atoms with van der Waals surface area (Å²) in [5.74, 6) is -0.235. The molecule has 0 aliphatic carbocycles. The minimum Gasteiger partial charge on any atom is -0.302 e. The summed E-state index contributed by atoms with van der Waals surface area (Å²) in [6.45, 7) is 4.11. The summed E-state index contributed by atoms with van der Waals surface area (Å²) in [4.78, 5) is 31.2. The number of fused-ring (bicyclic) bond motifs is 1. The highest BCUT2D eigenvalue weighted by atomic mass is 32.1. The summed E-state index contributed by atoms with van der Waals surface area (Å²) in [5.41, 5.74) is 5.60. The van der Waals surface area contributed by atoms with Crippen LogP contribution in [-0.2, 0) is 18.3 Å². The Balaban J connectivity index is 1.48.